The van der Waals surface area contributed by atoms with Crippen molar-refractivity contribution >= 4 is 5.91 Å². The molecule has 0 bridgehead atoms. The monoisotopic (exact) mass is 342 g/mol. The Bertz CT molecular complexity index is 539. The molecule has 6 heteroatoms. The zero-order valence-corrected chi connectivity index (χ0v) is 14.0. The predicted octanol–water partition coefficient (Wildman–Crippen LogP) is 3.63. The molecule has 24 heavy (non-hydrogen) atoms. The lowest BCUT2D eigenvalue weighted by molar-refractivity contribution is -0.137. The number of alkyl halides is 3. The van der Waals surface area contributed by atoms with Crippen molar-refractivity contribution in [1.29, 1.82) is 0 Å². The molecule has 1 atom stereocenters. The van der Waals surface area contributed by atoms with Crippen LogP contribution in [0.5, 0.6) is 0 Å². The lowest BCUT2D eigenvalue weighted by Crippen LogP contribution is -2.38. The van der Waals surface area contributed by atoms with E-state index in [2.05, 4.69) is 10.2 Å². The Morgan fingerprint density at radius 2 is 1.96 bits per heavy atom. The molecule has 1 aliphatic rings. The molecule has 0 aromatic heterocycles. The van der Waals surface area contributed by atoms with E-state index in [0.717, 1.165) is 31.8 Å². The molecule has 1 saturated heterocycles. The third-order valence-corrected chi connectivity index (χ3v) is 4.31. The van der Waals surface area contributed by atoms with Crippen LogP contribution in [-0.2, 0) is 17.4 Å². The average molecular weight is 342 g/mol. The summed E-state index contributed by atoms with van der Waals surface area (Å²) < 4.78 is 38.2. The Morgan fingerprint density at radius 1 is 1.25 bits per heavy atom. The second kappa shape index (κ2) is 8.51. The lowest BCUT2D eigenvalue weighted by Gasteiger charge is -2.26. The summed E-state index contributed by atoms with van der Waals surface area (Å²) in [5.74, 6) is -0.0416. The molecule has 1 aromatic rings. The van der Waals surface area contributed by atoms with E-state index in [9.17, 15) is 18.0 Å². The number of carbonyl (C=O) groups excluding carboxylic acids is 1. The molecule has 0 radical (unpaired) electrons. The number of piperidine rings is 1. The molecule has 1 amide bonds. The number of hydrogen-bond donors (Lipinski definition) is 1. The first-order valence-corrected chi connectivity index (χ1v) is 8.52. The van der Waals surface area contributed by atoms with Gasteiger partial charge in [0.1, 0.15) is 0 Å². The Morgan fingerprint density at radius 3 is 2.62 bits per heavy atom. The number of nitrogens with zero attached hydrogens (tertiary/aromatic N) is 1. The summed E-state index contributed by atoms with van der Waals surface area (Å²) in [6.07, 6.45) is 0.126. The molecule has 3 nitrogen and oxygen atoms in total. The summed E-state index contributed by atoms with van der Waals surface area (Å²) in [6.45, 7) is 4.67. The fourth-order valence-electron chi connectivity index (χ4n) is 3.07. The molecule has 134 valence electrons. The van der Waals surface area contributed by atoms with Crippen LogP contribution in [0.1, 0.15) is 43.7 Å². The molecule has 0 spiro atoms. The smallest absolute Gasteiger partial charge is 0.353 e. The molecule has 2 rings (SSSR count). The van der Waals surface area contributed by atoms with Crippen LogP contribution in [0.3, 0.4) is 0 Å². The van der Waals surface area contributed by atoms with Crippen molar-refractivity contribution in [3.8, 4) is 0 Å². The molecule has 1 heterocycles. The fourth-order valence-corrected chi connectivity index (χ4v) is 3.07. The summed E-state index contributed by atoms with van der Waals surface area (Å²) in [4.78, 5) is 14.3. The molecule has 0 saturated carbocycles. The number of amides is 1. The second-order valence-corrected chi connectivity index (χ2v) is 6.52. The first-order chi connectivity index (χ1) is 11.3. The number of carbonyl (C=O) groups is 1. The van der Waals surface area contributed by atoms with Crippen molar-refractivity contribution in [2.24, 2.45) is 0 Å². The first kappa shape index (κ1) is 18.8. The van der Waals surface area contributed by atoms with Crippen LogP contribution in [0.15, 0.2) is 24.3 Å². The van der Waals surface area contributed by atoms with Crippen LogP contribution >= 0.6 is 0 Å². The number of likely N-dealkylation sites (tertiary alicyclic amines) is 1. The summed E-state index contributed by atoms with van der Waals surface area (Å²) in [5, 5.41) is 2.88. The van der Waals surface area contributed by atoms with Gasteiger partial charge in [0.15, 0.2) is 0 Å². The Balaban J connectivity index is 1.77. The van der Waals surface area contributed by atoms with Crippen LogP contribution in [0.2, 0.25) is 0 Å². The summed E-state index contributed by atoms with van der Waals surface area (Å²) in [7, 11) is 0. The number of nitrogens with one attached hydrogen (secondary N) is 1. The van der Waals surface area contributed by atoms with Gasteiger partial charge in [0.2, 0.25) is 5.91 Å². The quantitative estimate of drug-likeness (QED) is 0.856. The van der Waals surface area contributed by atoms with Gasteiger partial charge in [0.25, 0.3) is 0 Å². The lowest BCUT2D eigenvalue weighted by atomic mass is 10.0. The van der Waals surface area contributed by atoms with E-state index in [1.165, 1.54) is 25.3 Å². The van der Waals surface area contributed by atoms with Crippen molar-refractivity contribution in [3.63, 3.8) is 0 Å². The van der Waals surface area contributed by atoms with Gasteiger partial charge in [-0.05, 0) is 50.9 Å². The van der Waals surface area contributed by atoms with Crippen molar-refractivity contribution in [3.05, 3.63) is 35.4 Å². The van der Waals surface area contributed by atoms with E-state index in [1.807, 2.05) is 6.92 Å². The third-order valence-electron chi connectivity index (χ3n) is 4.31. The van der Waals surface area contributed by atoms with Gasteiger partial charge in [-0.2, -0.15) is 13.2 Å². The van der Waals surface area contributed by atoms with E-state index in [0.29, 0.717) is 18.4 Å². The van der Waals surface area contributed by atoms with Crippen molar-refractivity contribution in [2.45, 2.75) is 51.2 Å². The summed E-state index contributed by atoms with van der Waals surface area (Å²) in [6, 6.07) is 5.08. The van der Waals surface area contributed by atoms with Crippen molar-refractivity contribution < 1.29 is 18.0 Å². The van der Waals surface area contributed by atoms with Gasteiger partial charge < -0.3 is 10.2 Å². The molecule has 0 aliphatic carbocycles. The van der Waals surface area contributed by atoms with Crippen molar-refractivity contribution in [2.75, 3.05) is 19.6 Å². The molecular weight excluding hydrogens is 317 g/mol. The Kier molecular flexibility index (Phi) is 6.66. The Hall–Kier alpha value is -1.56. The van der Waals surface area contributed by atoms with Gasteiger partial charge in [0, 0.05) is 19.0 Å². The second-order valence-electron chi connectivity index (χ2n) is 6.52. The summed E-state index contributed by atoms with van der Waals surface area (Å²) in [5.41, 5.74) is -0.0720. The maximum absolute atomic E-state index is 12.7. The van der Waals surface area contributed by atoms with E-state index >= 15 is 0 Å². The molecule has 1 aromatic carbocycles. The largest absolute Gasteiger partial charge is 0.416 e. The van der Waals surface area contributed by atoms with Gasteiger partial charge in [-0.3, -0.25) is 4.79 Å². The van der Waals surface area contributed by atoms with Crippen molar-refractivity contribution in [1.82, 2.24) is 10.2 Å². The van der Waals surface area contributed by atoms with E-state index in [4.69, 9.17) is 0 Å². The maximum atomic E-state index is 12.7. The standard InChI is InChI=1S/C18H25F3N2O/c1-14(12-15-6-5-7-16(13-15)18(19,20)21)22-17(24)8-11-23-9-3-2-4-10-23/h5-7,13-14H,2-4,8-12H2,1H3,(H,22,24). The maximum Gasteiger partial charge on any atom is 0.416 e. The highest BCUT2D eigenvalue weighted by atomic mass is 19.4. The number of hydrogen-bond acceptors (Lipinski definition) is 2. The molecule has 1 N–H and O–H groups in total. The zero-order valence-electron chi connectivity index (χ0n) is 14.0. The Labute approximate surface area is 141 Å². The van der Waals surface area contributed by atoms with Gasteiger partial charge in [-0.15, -0.1) is 0 Å². The van der Waals surface area contributed by atoms with Gasteiger partial charge in [-0.1, -0.05) is 24.6 Å². The normalized spacial score (nSPS) is 17.5. The highest BCUT2D eigenvalue weighted by Gasteiger charge is 2.30. The third kappa shape index (κ3) is 6.15. The van der Waals surface area contributed by atoms with Gasteiger partial charge in [-0.25, -0.2) is 0 Å². The van der Waals surface area contributed by atoms with Crippen LogP contribution in [0, 0.1) is 0 Å². The van der Waals surface area contributed by atoms with E-state index in [-0.39, 0.29) is 11.9 Å². The zero-order chi connectivity index (χ0) is 17.6. The van der Waals surface area contributed by atoms with Crippen LogP contribution in [0.4, 0.5) is 13.2 Å². The number of benzene rings is 1. The van der Waals surface area contributed by atoms with Gasteiger partial charge >= 0.3 is 6.18 Å². The topological polar surface area (TPSA) is 32.3 Å². The average Bonchev–Trinajstić information content (AvgIpc) is 2.53. The molecule has 1 aliphatic heterocycles. The SMILES string of the molecule is CC(Cc1cccc(C(F)(F)F)c1)NC(=O)CCN1CCCCC1. The fraction of sp³-hybridized carbons (Fsp3) is 0.611. The van der Waals surface area contributed by atoms with Crippen LogP contribution < -0.4 is 5.32 Å². The first-order valence-electron chi connectivity index (χ1n) is 8.52. The number of rotatable bonds is 6. The van der Waals surface area contributed by atoms with Crippen LogP contribution in [-0.4, -0.2) is 36.5 Å². The molecule has 1 fully saturated rings. The van der Waals surface area contributed by atoms with E-state index in [1.54, 1.807) is 6.07 Å². The molecular formula is C18H25F3N2O. The van der Waals surface area contributed by atoms with Gasteiger partial charge in [0.05, 0.1) is 5.56 Å². The minimum Gasteiger partial charge on any atom is -0.353 e. The van der Waals surface area contributed by atoms with Crippen LogP contribution in [0.25, 0.3) is 0 Å². The summed E-state index contributed by atoms with van der Waals surface area (Å²) >= 11 is 0. The minimum absolute atomic E-state index is 0.0416. The minimum atomic E-state index is -4.34. The highest BCUT2D eigenvalue weighted by molar-refractivity contribution is 5.76. The molecule has 1 unspecified atom stereocenters. The highest BCUT2D eigenvalue weighted by Crippen LogP contribution is 2.29. The number of halogens is 3. The predicted molar refractivity (Wildman–Crippen MR) is 87.7 cm³/mol. The van der Waals surface area contributed by atoms with E-state index < -0.39 is 11.7 Å².